The first kappa shape index (κ1) is 19.7. The van der Waals surface area contributed by atoms with E-state index in [2.05, 4.69) is 5.32 Å². The molecule has 1 rings (SSSR count). The van der Waals surface area contributed by atoms with Crippen LogP contribution in [0.3, 0.4) is 0 Å². The van der Waals surface area contributed by atoms with E-state index in [-0.39, 0.29) is 30.0 Å². The average Bonchev–Trinajstić information content (AvgIpc) is 2.44. The highest BCUT2D eigenvalue weighted by Crippen LogP contribution is 2.24. The minimum absolute atomic E-state index is 0.0538. The predicted molar refractivity (Wildman–Crippen MR) is 91.0 cm³/mol. The number of carbonyl (C=O) groups is 2. The van der Waals surface area contributed by atoms with E-state index in [1.54, 1.807) is 11.9 Å². The van der Waals surface area contributed by atoms with Gasteiger partial charge in [-0.25, -0.2) is 4.79 Å². The Morgan fingerprint density at radius 1 is 1.22 bits per heavy atom. The quantitative estimate of drug-likeness (QED) is 0.829. The molecule has 0 aromatic carbocycles. The number of ether oxygens (including phenoxy) is 1. The molecule has 0 radical (unpaired) electrons. The van der Waals surface area contributed by atoms with Crippen LogP contribution in [-0.2, 0) is 9.53 Å². The van der Waals surface area contributed by atoms with Crippen molar-refractivity contribution in [1.29, 1.82) is 0 Å². The van der Waals surface area contributed by atoms with E-state index in [1.165, 1.54) is 0 Å². The molecule has 0 aromatic heterocycles. The van der Waals surface area contributed by atoms with Crippen LogP contribution in [0.2, 0.25) is 0 Å². The molecular weight excluding hydrogens is 294 g/mol. The number of nitrogens with zero attached hydrogens (tertiary/aromatic N) is 1. The summed E-state index contributed by atoms with van der Waals surface area (Å²) < 4.78 is 5.44. The molecule has 3 N–H and O–H groups in total. The number of nitrogens with one attached hydrogen (secondary N) is 1. The maximum absolute atomic E-state index is 12.3. The first-order valence-electron chi connectivity index (χ1n) is 8.54. The van der Waals surface area contributed by atoms with Gasteiger partial charge in [0.1, 0.15) is 5.60 Å². The van der Waals surface area contributed by atoms with Gasteiger partial charge in [0, 0.05) is 13.1 Å². The van der Waals surface area contributed by atoms with Gasteiger partial charge in [0.05, 0.1) is 12.1 Å². The second kappa shape index (κ2) is 7.99. The molecule has 23 heavy (non-hydrogen) atoms. The Hall–Kier alpha value is -1.30. The van der Waals surface area contributed by atoms with Crippen molar-refractivity contribution in [1.82, 2.24) is 10.2 Å². The van der Waals surface area contributed by atoms with E-state index in [1.807, 2.05) is 34.6 Å². The fourth-order valence-electron chi connectivity index (χ4n) is 2.79. The summed E-state index contributed by atoms with van der Waals surface area (Å²) in [6, 6.07) is -0.648. The van der Waals surface area contributed by atoms with Crippen molar-refractivity contribution in [3.05, 3.63) is 0 Å². The van der Waals surface area contributed by atoms with Gasteiger partial charge < -0.3 is 20.7 Å². The second-order valence-corrected chi connectivity index (χ2v) is 7.83. The predicted octanol–water partition coefficient (Wildman–Crippen LogP) is 2.26. The summed E-state index contributed by atoms with van der Waals surface area (Å²) in [4.78, 5) is 26.2. The standard InChI is InChI=1S/C17H33N3O3/c1-11(2)14(18)15(21)19-12-9-7-8-10-13(12)20(6)16(22)23-17(3,4)5/h11-14H,7-10,18H2,1-6H3,(H,19,21)/t12-,13+,14-/m0/s1. The lowest BCUT2D eigenvalue weighted by molar-refractivity contribution is -0.124. The monoisotopic (exact) mass is 327 g/mol. The van der Waals surface area contributed by atoms with Crippen molar-refractivity contribution in [3.8, 4) is 0 Å². The van der Waals surface area contributed by atoms with Crippen LogP contribution < -0.4 is 11.1 Å². The van der Waals surface area contributed by atoms with Crippen LogP contribution in [0.15, 0.2) is 0 Å². The number of hydrogen-bond acceptors (Lipinski definition) is 4. The summed E-state index contributed by atoms with van der Waals surface area (Å²) in [5.74, 6) is -0.0601. The third kappa shape index (κ3) is 6.01. The molecule has 1 fully saturated rings. The van der Waals surface area contributed by atoms with Gasteiger partial charge in [-0.1, -0.05) is 26.7 Å². The fraction of sp³-hybridized carbons (Fsp3) is 0.882. The molecule has 0 aromatic rings. The summed E-state index contributed by atoms with van der Waals surface area (Å²) >= 11 is 0. The molecule has 3 atom stereocenters. The van der Waals surface area contributed by atoms with Crippen LogP contribution in [0, 0.1) is 5.92 Å². The lowest BCUT2D eigenvalue weighted by atomic mass is 9.89. The Kier molecular flexibility index (Phi) is 6.86. The summed E-state index contributed by atoms with van der Waals surface area (Å²) in [5, 5.41) is 3.04. The molecule has 2 amide bonds. The van der Waals surface area contributed by atoms with E-state index in [0.717, 1.165) is 25.7 Å². The van der Waals surface area contributed by atoms with E-state index in [4.69, 9.17) is 10.5 Å². The van der Waals surface area contributed by atoms with Crippen molar-refractivity contribution in [2.75, 3.05) is 7.05 Å². The molecule has 1 saturated carbocycles. The van der Waals surface area contributed by atoms with Gasteiger partial charge in [-0.05, 0) is 39.5 Å². The van der Waals surface area contributed by atoms with Crippen LogP contribution in [0.1, 0.15) is 60.3 Å². The molecule has 1 aliphatic carbocycles. The zero-order valence-electron chi connectivity index (χ0n) is 15.4. The van der Waals surface area contributed by atoms with Gasteiger partial charge in [-0.3, -0.25) is 4.79 Å². The molecule has 0 saturated heterocycles. The number of likely N-dealkylation sites (N-methyl/N-ethyl adjacent to an activating group) is 1. The molecule has 6 heteroatoms. The minimum Gasteiger partial charge on any atom is -0.444 e. The summed E-state index contributed by atoms with van der Waals surface area (Å²) in [6.07, 6.45) is 3.45. The molecular formula is C17H33N3O3. The van der Waals surface area contributed by atoms with Crippen molar-refractivity contribution >= 4 is 12.0 Å². The second-order valence-electron chi connectivity index (χ2n) is 7.83. The van der Waals surface area contributed by atoms with E-state index in [0.29, 0.717) is 0 Å². The fourth-order valence-corrected chi connectivity index (χ4v) is 2.79. The van der Waals surface area contributed by atoms with Gasteiger partial charge in [0.25, 0.3) is 0 Å². The van der Waals surface area contributed by atoms with E-state index in [9.17, 15) is 9.59 Å². The number of nitrogens with two attached hydrogens (primary N) is 1. The Labute approximate surface area is 140 Å². The van der Waals surface area contributed by atoms with Crippen LogP contribution in [0.25, 0.3) is 0 Å². The van der Waals surface area contributed by atoms with E-state index < -0.39 is 11.6 Å². The van der Waals surface area contributed by atoms with Crippen molar-refractivity contribution < 1.29 is 14.3 Å². The first-order valence-corrected chi connectivity index (χ1v) is 8.54. The molecule has 0 spiro atoms. The Bertz CT molecular complexity index is 418. The summed E-state index contributed by atoms with van der Waals surface area (Å²) in [7, 11) is 1.74. The number of amides is 2. The Morgan fingerprint density at radius 2 is 1.78 bits per heavy atom. The van der Waals surface area contributed by atoms with E-state index >= 15 is 0 Å². The van der Waals surface area contributed by atoms with Crippen LogP contribution in [0.4, 0.5) is 4.79 Å². The molecule has 1 aliphatic rings. The zero-order chi connectivity index (χ0) is 17.8. The van der Waals surface area contributed by atoms with Crippen molar-refractivity contribution in [3.63, 3.8) is 0 Å². The Balaban J connectivity index is 2.74. The molecule has 0 aliphatic heterocycles. The highest BCUT2D eigenvalue weighted by atomic mass is 16.6. The number of hydrogen-bond donors (Lipinski definition) is 2. The van der Waals surface area contributed by atoms with Gasteiger partial charge in [0.2, 0.25) is 5.91 Å². The SMILES string of the molecule is CC(C)[C@H](N)C(=O)N[C@H]1CCCC[C@H]1N(C)C(=O)OC(C)(C)C. The number of carbonyl (C=O) groups excluding carboxylic acids is 2. The van der Waals surface area contributed by atoms with Gasteiger partial charge in [-0.15, -0.1) is 0 Å². The van der Waals surface area contributed by atoms with Crippen LogP contribution in [-0.4, -0.2) is 47.7 Å². The van der Waals surface area contributed by atoms with Gasteiger partial charge in [-0.2, -0.15) is 0 Å². The maximum atomic E-state index is 12.3. The zero-order valence-corrected chi connectivity index (χ0v) is 15.4. The van der Waals surface area contributed by atoms with Crippen molar-refractivity contribution in [2.24, 2.45) is 11.7 Å². The van der Waals surface area contributed by atoms with Crippen molar-refractivity contribution in [2.45, 2.75) is 84.0 Å². The summed E-state index contributed by atoms with van der Waals surface area (Å²) in [6.45, 7) is 9.40. The maximum Gasteiger partial charge on any atom is 0.410 e. The highest BCUT2D eigenvalue weighted by Gasteiger charge is 2.34. The molecule has 6 nitrogen and oxygen atoms in total. The minimum atomic E-state index is -0.529. The highest BCUT2D eigenvalue weighted by molar-refractivity contribution is 5.82. The van der Waals surface area contributed by atoms with Gasteiger partial charge >= 0.3 is 6.09 Å². The lowest BCUT2D eigenvalue weighted by Gasteiger charge is -2.39. The largest absolute Gasteiger partial charge is 0.444 e. The van der Waals surface area contributed by atoms with Crippen LogP contribution >= 0.6 is 0 Å². The molecule has 0 unspecified atom stereocenters. The number of rotatable bonds is 4. The normalized spacial score (nSPS) is 23.3. The lowest BCUT2D eigenvalue weighted by Crippen LogP contribution is -2.57. The average molecular weight is 327 g/mol. The molecule has 134 valence electrons. The third-order valence-electron chi connectivity index (χ3n) is 4.26. The summed E-state index contributed by atoms with van der Waals surface area (Å²) in [5.41, 5.74) is 5.40. The third-order valence-corrected chi connectivity index (χ3v) is 4.26. The Morgan fingerprint density at radius 3 is 2.30 bits per heavy atom. The van der Waals surface area contributed by atoms with Crippen LogP contribution in [0.5, 0.6) is 0 Å². The smallest absolute Gasteiger partial charge is 0.410 e. The van der Waals surface area contributed by atoms with Gasteiger partial charge in [0.15, 0.2) is 0 Å². The first-order chi connectivity index (χ1) is 10.5. The topological polar surface area (TPSA) is 84.7 Å². The molecule has 0 bridgehead atoms. The molecule has 0 heterocycles.